The highest BCUT2D eigenvalue weighted by atomic mass is 31.2. The van der Waals surface area contributed by atoms with Crippen LogP contribution in [0.5, 0.6) is 0 Å². The normalized spacial score (nSPS) is 13.8. The van der Waals surface area contributed by atoms with Crippen molar-refractivity contribution in [1.29, 1.82) is 0 Å². The number of nitrogens with one attached hydrogen (secondary N) is 1. The van der Waals surface area contributed by atoms with E-state index >= 15 is 0 Å². The van der Waals surface area contributed by atoms with Gasteiger partial charge >= 0.3 is 13.8 Å². The lowest BCUT2D eigenvalue weighted by Gasteiger charge is -2.27. The third kappa shape index (κ3) is 64.3. The molecule has 0 fully saturated rings. The quantitative estimate of drug-likeness (QED) is 0.0205. The third-order valence-electron chi connectivity index (χ3n) is 16.2. The molecule has 0 aromatic heterocycles. The summed E-state index contributed by atoms with van der Waals surface area (Å²) in [5.74, 6) is -0.495. The number of ether oxygens (including phenoxy) is 1. The molecule has 0 rings (SSSR count). The maximum atomic E-state index is 13.6. The van der Waals surface area contributed by atoms with E-state index in [0.29, 0.717) is 23.9 Å². The number of nitrogens with zero attached hydrogens (tertiary/aromatic N) is 1. The summed E-state index contributed by atoms with van der Waals surface area (Å²) in [6.45, 7) is 7.02. The second-order valence-electron chi connectivity index (χ2n) is 25.8. The lowest BCUT2D eigenvalue weighted by molar-refractivity contribution is -0.870. The number of phosphoric ester groups is 1. The monoisotopic (exact) mass is 1190 g/mol. The highest BCUT2D eigenvalue weighted by molar-refractivity contribution is 7.47. The van der Waals surface area contributed by atoms with E-state index in [-0.39, 0.29) is 25.1 Å². The number of hydrogen-bond acceptors (Lipinski definition) is 6. The molecular formula is C73H140N2O7P+. The SMILES string of the molecule is CCCCC/C=C\C/C=C\CCCCCCCCCCCC(=O)NC(COP(=O)(O)OCC[N+](C)(C)C)C(/C=C\CCCCCCCCCCC)OC(=O)CCCCCCCCCCCCCCCCCCC/C=C/CCCCCCCC. The Balaban J connectivity index is 4.95. The van der Waals surface area contributed by atoms with Crippen LogP contribution in [0.15, 0.2) is 48.6 Å². The first-order chi connectivity index (χ1) is 40.4. The maximum Gasteiger partial charge on any atom is 0.472 e. The molecule has 83 heavy (non-hydrogen) atoms. The van der Waals surface area contributed by atoms with E-state index in [1.54, 1.807) is 0 Å². The van der Waals surface area contributed by atoms with E-state index in [0.717, 1.165) is 64.2 Å². The van der Waals surface area contributed by atoms with E-state index in [9.17, 15) is 19.0 Å². The first-order valence-corrected chi connectivity index (χ1v) is 37.5. The van der Waals surface area contributed by atoms with E-state index < -0.39 is 20.0 Å². The Morgan fingerprint density at radius 1 is 0.422 bits per heavy atom. The number of likely N-dealkylation sites (N-methyl/N-ethyl adjacent to an activating group) is 1. The summed E-state index contributed by atoms with van der Waals surface area (Å²) in [5, 5.41) is 3.07. The smallest absolute Gasteiger partial charge is 0.456 e. The van der Waals surface area contributed by atoms with Crippen LogP contribution in [0.1, 0.15) is 355 Å². The number of carbonyl (C=O) groups excluding carboxylic acids is 2. The minimum atomic E-state index is -4.45. The summed E-state index contributed by atoms with van der Waals surface area (Å²) >= 11 is 0. The predicted octanol–water partition coefficient (Wildman–Crippen LogP) is 22.8. The van der Waals surface area contributed by atoms with Crippen LogP contribution in [0.3, 0.4) is 0 Å². The number of unbranched alkanes of at least 4 members (excludes halogenated alkanes) is 44. The van der Waals surface area contributed by atoms with E-state index in [4.69, 9.17) is 13.8 Å². The second kappa shape index (κ2) is 63.0. The molecule has 1 amide bonds. The molecule has 0 aliphatic carbocycles. The average Bonchev–Trinajstić information content (AvgIpc) is 3.52. The summed E-state index contributed by atoms with van der Waals surface area (Å²) in [5.41, 5.74) is 0. The number of hydrogen-bond donors (Lipinski definition) is 2. The van der Waals surface area contributed by atoms with Gasteiger partial charge in [0.05, 0.1) is 33.8 Å². The van der Waals surface area contributed by atoms with Gasteiger partial charge in [-0.1, -0.05) is 301 Å². The standard InChI is InChI=1S/C73H139N2O7P/c1-7-10-13-16-19-22-25-27-29-31-33-34-35-36-37-38-39-40-42-44-46-48-51-54-57-60-63-66-73(77)82-71(64-61-58-55-52-49-24-21-18-15-12-9-3)70(69-81-83(78,79)80-68-67-75(4,5)6)74-72(76)65-62-59-56-53-50-47-45-43-41-32-30-28-26-23-20-17-14-11-8-2/h20,23,27-30,61,64,70-71H,7-19,21-22,24-26,31-60,62-63,65-69H2,1-6H3,(H-,74,76,78,79)/p+1/b23-20-,29-27+,30-28-,64-61-. The molecule has 0 saturated heterocycles. The molecule has 2 N–H and O–H groups in total. The molecule has 0 spiro atoms. The van der Waals surface area contributed by atoms with Crippen molar-refractivity contribution < 1.29 is 37.3 Å². The van der Waals surface area contributed by atoms with Gasteiger partial charge in [0.2, 0.25) is 5.91 Å². The largest absolute Gasteiger partial charge is 0.472 e. The van der Waals surface area contributed by atoms with Gasteiger partial charge in [-0.25, -0.2) is 4.57 Å². The number of amides is 1. The molecule has 0 radical (unpaired) electrons. The fourth-order valence-electron chi connectivity index (χ4n) is 10.7. The molecular weight excluding hydrogens is 1050 g/mol. The number of quaternary nitrogens is 1. The van der Waals surface area contributed by atoms with Crippen LogP contribution in [-0.4, -0.2) is 74.3 Å². The van der Waals surface area contributed by atoms with Crippen molar-refractivity contribution in [2.24, 2.45) is 0 Å². The van der Waals surface area contributed by atoms with Crippen molar-refractivity contribution in [2.75, 3.05) is 40.9 Å². The van der Waals surface area contributed by atoms with Crippen molar-refractivity contribution in [3.8, 4) is 0 Å². The van der Waals surface area contributed by atoms with Gasteiger partial charge in [-0.05, 0) is 89.5 Å². The average molecular weight is 1190 g/mol. The summed E-state index contributed by atoms with van der Waals surface area (Å²) in [4.78, 5) is 37.9. The number of esters is 1. The summed E-state index contributed by atoms with van der Waals surface area (Å²) in [6.07, 6.45) is 79.9. The highest BCUT2D eigenvalue weighted by Gasteiger charge is 2.30. The van der Waals surface area contributed by atoms with Crippen LogP contribution < -0.4 is 5.32 Å². The Morgan fingerprint density at radius 2 is 0.735 bits per heavy atom. The van der Waals surface area contributed by atoms with Crippen LogP contribution in [0.2, 0.25) is 0 Å². The minimum Gasteiger partial charge on any atom is -0.456 e. The van der Waals surface area contributed by atoms with Crippen LogP contribution in [-0.2, 0) is 27.9 Å². The third-order valence-corrected chi connectivity index (χ3v) is 17.2. The zero-order chi connectivity index (χ0) is 60.7. The number of allylic oxidation sites excluding steroid dienone is 7. The van der Waals surface area contributed by atoms with Gasteiger partial charge in [-0.2, -0.15) is 0 Å². The van der Waals surface area contributed by atoms with Crippen molar-refractivity contribution in [2.45, 2.75) is 367 Å². The van der Waals surface area contributed by atoms with Gasteiger partial charge in [-0.15, -0.1) is 0 Å². The Bertz CT molecular complexity index is 1560. The van der Waals surface area contributed by atoms with Crippen molar-refractivity contribution in [1.82, 2.24) is 5.32 Å². The number of rotatable bonds is 66. The molecule has 10 heteroatoms. The molecule has 3 atom stereocenters. The molecule has 9 nitrogen and oxygen atoms in total. The Kier molecular flexibility index (Phi) is 61.5. The zero-order valence-corrected chi connectivity index (χ0v) is 56.8. The minimum absolute atomic E-state index is 0.0407. The van der Waals surface area contributed by atoms with Crippen molar-refractivity contribution in [3.63, 3.8) is 0 Å². The first kappa shape index (κ1) is 81.0. The van der Waals surface area contributed by atoms with Crippen LogP contribution in [0.4, 0.5) is 0 Å². The van der Waals surface area contributed by atoms with Gasteiger partial charge < -0.3 is 19.4 Å². The number of carbonyl (C=O) groups is 2. The van der Waals surface area contributed by atoms with Gasteiger partial charge in [0.1, 0.15) is 19.3 Å². The van der Waals surface area contributed by atoms with Crippen LogP contribution >= 0.6 is 7.82 Å². The lowest BCUT2D eigenvalue weighted by atomic mass is 10.0. The first-order valence-electron chi connectivity index (χ1n) is 36.0. The van der Waals surface area contributed by atoms with Gasteiger partial charge in [0.15, 0.2) is 0 Å². The molecule has 0 aliphatic rings. The Labute approximate surface area is 516 Å². The molecule has 0 bridgehead atoms. The molecule has 488 valence electrons. The lowest BCUT2D eigenvalue weighted by Crippen LogP contribution is -2.47. The summed E-state index contributed by atoms with van der Waals surface area (Å²) in [7, 11) is 1.51. The van der Waals surface area contributed by atoms with E-state index in [2.05, 4.69) is 62.5 Å². The highest BCUT2D eigenvalue weighted by Crippen LogP contribution is 2.43. The summed E-state index contributed by atoms with van der Waals surface area (Å²) < 4.78 is 30.8. The Morgan fingerprint density at radius 3 is 1.12 bits per heavy atom. The van der Waals surface area contributed by atoms with E-state index in [1.165, 1.54) is 257 Å². The molecule has 3 unspecified atom stereocenters. The summed E-state index contributed by atoms with van der Waals surface area (Å²) in [6, 6.07) is -0.849. The molecule has 0 saturated carbocycles. The second-order valence-corrected chi connectivity index (χ2v) is 27.2. The molecule has 0 heterocycles. The molecule has 0 aromatic carbocycles. The predicted molar refractivity (Wildman–Crippen MR) is 360 cm³/mol. The van der Waals surface area contributed by atoms with Gasteiger partial charge in [0, 0.05) is 12.8 Å². The van der Waals surface area contributed by atoms with Crippen molar-refractivity contribution >= 4 is 19.7 Å². The fraction of sp³-hybridized carbons (Fsp3) is 0.863. The topological polar surface area (TPSA) is 111 Å². The zero-order valence-electron chi connectivity index (χ0n) is 56.0. The van der Waals surface area contributed by atoms with Crippen molar-refractivity contribution in [3.05, 3.63) is 48.6 Å². The number of phosphoric acid groups is 1. The van der Waals surface area contributed by atoms with Gasteiger partial charge in [-0.3, -0.25) is 18.6 Å². The van der Waals surface area contributed by atoms with E-state index in [1.807, 2.05) is 33.3 Å². The maximum absolute atomic E-state index is 13.6. The van der Waals surface area contributed by atoms with Crippen LogP contribution in [0.25, 0.3) is 0 Å². The fourth-order valence-corrected chi connectivity index (χ4v) is 11.4. The van der Waals surface area contributed by atoms with Gasteiger partial charge in [0.25, 0.3) is 0 Å². The van der Waals surface area contributed by atoms with Crippen LogP contribution in [0, 0.1) is 0 Å². The molecule has 0 aliphatic heterocycles. The Hall–Kier alpha value is -2.03. The molecule has 0 aromatic rings.